The Balaban J connectivity index is 1.56. The van der Waals surface area contributed by atoms with Crippen molar-refractivity contribution in [2.45, 2.75) is 25.1 Å². The first-order valence-electron chi connectivity index (χ1n) is 8.07. The van der Waals surface area contributed by atoms with Gasteiger partial charge in [0.2, 0.25) is 5.89 Å². The molecule has 2 heterocycles. The van der Waals surface area contributed by atoms with Crippen molar-refractivity contribution >= 4 is 0 Å². The number of likely N-dealkylation sites (tertiary alicyclic amines) is 1. The second-order valence-electron chi connectivity index (χ2n) is 6.37. The van der Waals surface area contributed by atoms with E-state index in [-0.39, 0.29) is 0 Å². The van der Waals surface area contributed by atoms with E-state index in [9.17, 15) is 0 Å². The van der Waals surface area contributed by atoms with Crippen LogP contribution in [0.5, 0.6) is 0 Å². The third kappa shape index (κ3) is 3.99. The number of hydrogen-bond donors (Lipinski definition) is 0. The van der Waals surface area contributed by atoms with E-state index in [1.54, 1.807) is 13.3 Å². The van der Waals surface area contributed by atoms with Gasteiger partial charge in [-0.25, -0.2) is 4.98 Å². The molecule has 1 aliphatic rings. The molecule has 5 nitrogen and oxygen atoms in total. The Kier molecular flexibility index (Phi) is 5.10. The fourth-order valence-electron chi connectivity index (χ4n) is 3.19. The molecular formula is C18H25N3O2. The summed E-state index contributed by atoms with van der Waals surface area (Å²) < 4.78 is 11.4. The highest BCUT2D eigenvalue weighted by molar-refractivity contribution is 5.55. The van der Waals surface area contributed by atoms with E-state index < -0.39 is 0 Å². The Morgan fingerprint density at radius 2 is 2.13 bits per heavy atom. The highest BCUT2D eigenvalue weighted by Crippen LogP contribution is 2.22. The first-order chi connectivity index (χ1) is 11.2. The summed E-state index contributed by atoms with van der Waals surface area (Å²) in [5.41, 5.74) is 1.06. The third-order valence-corrected chi connectivity index (χ3v) is 4.52. The van der Waals surface area contributed by atoms with Gasteiger partial charge in [0.1, 0.15) is 0 Å². The third-order valence-electron chi connectivity index (χ3n) is 4.52. The van der Waals surface area contributed by atoms with E-state index in [1.807, 2.05) is 30.3 Å². The van der Waals surface area contributed by atoms with Crippen molar-refractivity contribution in [3.05, 3.63) is 42.4 Å². The molecule has 0 N–H and O–H groups in total. The molecule has 1 aromatic heterocycles. The molecule has 1 fully saturated rings. The van der Waals surface area contributed by atoms with Gasteiger partial charge in [-0.05, 0) is 20.5 Å². The lowest BCUT2D eigenvalue weighted by Gasteiger charge is -2.24. The van der Waals surface area contributed by atoms with Crippen LogP contribution in [-0.2, 0) is 11.3 Å². The summed E-state index contributed by atoms with van der Waals surface area (Å²) in [6, 6.07) is 10.6. The second-order valence-corrected chi connectivity index (χ2v) is 6.37. The van der Waals surface area contributed by atoms with Gasteiger partial charge in [0, 0.05) is 31.8 Å². The highest BCUT2D eigenvalue weighted by Gasteiger charge is 2.30. The second kappa shape index (κ2) is 7.25. The van der Waals surface area contributed by atoms with Crippen LogP contribution in [0, 0.1) is 0 Å². The van der Waals surface area contributed by atoms with Crippen LogP contribution < -0.4 is 0 Å². The molecule has 1 aromatic carbocycles. The van der Waals surface area contributed by atoms with Crippen LogP contribution in [0.15, 0.2) is 40.9 Å². The van der Waals surface area contributed by atoms with Crippen LogP contribution in [-0.4, -0.2) is 61.2 Å². The molecule has 1 saturated heterocycles. The predicted molar refractivity (Wildman–Crippen MR) is 90.1 cm³/mol. The van der Waals surface area contributed by atoms with Crippen LogP contribution in [0.25, 0.3) is 11.3 Å². The number of likely N-dealkylation sites (N-methyl/N-ethyl adjacent to an activating group) is 2. The largest absolute Gasteiger partial charge is 0.439 e. The van der Waals surface area contributed by atoms with Gasteiger partial charge in [-0.2, -0.15) is 0 Å². The zero-order valence-corrected chi connectivity index (χ0v) is 14.1. The van der Waals surface area contributed by atoms with Gasteiger partial charge in [0.05, 0.1) is 18.8 Å². The van der Waals surface area contributed by atoms with Crippen molar-refractivity contribution in [3.63, 3.8) is 0 Å². The van der Waals surface area contributed by atoms with Crippen LogP contribution >= 0.6 is 0 Å². The van der Waals surface area contributed by atoms with E-state index in [0.29, 0.717) is 12.1 Å². The quantitative estimate of drug-likeness (QED) is 0.819. The number of hydrogen-bond acceptors (Lipinski definition) is 5. The first-order valence-corrected chi connectivity index (χ1v) is 8.07. The molecule has 0 saturated carbocycles. The number of ether oxygens (including phenoxy) is 1. The standard InChI is InChI=1S/C18H25N3O2/c1-20(11-15-9-16(22-3)12-21(15)2)13-18-19-10-17(23-18)14-7-5-4-6-8-14/h4-8,10,15-16H,9,11-13H2,1-3H3/t15-,16-/m0/s1. The lowest BCUT2D eigenvalue weighted by atomic mass is 10.2. The molecule has 0 radical (unpaired) electrons. The molecular weight excluding hydrogens is 290 g/mol. The fourth-order valence-corrected chi connectivity index (χ4v) is 3.19. The molecule has 0 bridgehead atoms. The van der Waals surface area contributed by atoms with E-state index in [2.05, 4.69) is 28.9 Å². The number of nitrogens with zero attached hydrogens (tertiary/aromatic N) is 3. The van der Waals surface area contributed by atoms with Crippen LogP contribution in [0.2, 0.25) is 0 Å². The minimum Gasteiger partial charge on any atom is -0.439 e. The Labute approximate surface area is 137 Å². The highest BCUT2D eigenvalue weighted by atomic mass is 16.5. The summed E-state index contributed by atoms with van der Waals surface area (Å²) in [7, 11) is 6.07. The normalized spacial score (nSPS) is 22.1. The average Bonchev–Trinajstić information content (AvgIpc) is 3.15. The Morgan fingerprint density at radius 1 is 1.35 bits per heavy atom. The maximum atomic E-state index is 5.88. The molecule has 1 aliphatic heterocycles. The number of oxazole rings is 1. The van der Waals surface area contributed by atoms with E-state index >= 15 is 0 Å². The summed E-state index contributed by atoms with van der Waals surface area (Å²) in [6.07, 6.45) is 3.24. The van der Waals surface area contributed by atoms with Gasteiger partial charge >= 0.3 is 0 Å². The van der Waals surface area contributed by atoms with Gasteiger partial charge in [-0.1, -0.05) is 30.3 Å². The molecule has 0 aliphatic carbocycles. The zero-order valence-electron chi connectivity index (χ0n) is 14.1. The predicted octanol–water partition coefficient (Wildman–Crippen LogP) is 2.49. The van der Waals surface area contributed by atoms with E-state index in [4.69, 9.17) is 9.15 Å². The Bertz CT molecular complexity index is 614. The minimum atomic E-state index is 0.352. The number of aromatic nitrogens is 1. The Hall–Kier alpha value is -1.69. The summed E-state index contributed by atoms with van der Waals surface area (Å²) in [6.45, 7) is 2.71. The van der Waals surface area contributed by atoms with Crippen molar-refractivity contribution in [2.75, 3.05) is 34.3 Å². The lowest BCUT2D eigenvalue weighted by molar-refractivity contribution is 0.111. The van der Waals surface area contributed by atoms with E-state index in [1.165, 1.54) is 0 Å². The van der Waals surface area contributed by atoms with Crippen molar-refractivity contribution in [1.29, 1.82) is 0 Å². The van der Waals surface area contributed by atoms with Gasteiger partial charge in [-0.3, -0.25) is 9.80 Å². The number of rotatable bonds is 6. The summed E-state index contributed by atoms with van der Waals surface area (Å²) >= 11 is 0. The molecule has 2 atom stereocenters. The van der Waals surface area contributed by atoms with Crippen molar-refractivity contribution in [1.82, 2.24) is 14.8 Å². The lowest BCUT2D eigenvalue weighted by Crippen LogP contribution is -2.36. The van der Waals surface area contributed by atoms with Crippen LogP contribution in [0.1, 0.15) is 12.3 Å². The fraction of sp³-hybridized carbons (Fsp3) is 0.500. The van der Waals surface area contributed by atoms with E-state index in [0.717, 1.165) is 43.3 Å². The van der Waals surface area contributed by atoms with Crippen molar-refractivity contribution in [3.8, 4) is 11.3 Å². The average molecular weight is 315 g/mol. The van der Waals surface area contributed by atoms with Gasteiger partial charge in [-0.15, -0.1) is 0 Å². The van der Waals surface area contributed by atoms with Gasteiger partial charge in [0.15, 0.2) is 5.76 Å². The SMILES string of the molecule is CO[C@H]1C[C@@H](CN(C)Cc2ncc(-c3ccccc3)o2)N(C)C1. The smallest absolute Gasteiger partial charge is 0.209 e. The van der Waals surface area contributed by atoms with Crippen LogP contribution in [0.4, 0.5) is 0 Å². The summed E-state index contributed by atoms with van der Waals surface area (Å²) in [5.74, 6) is 1.58. The molecule has 0 amide bonds. The monoisotopic (exact) mass is 315 g/mol. The molecule has 5 heteroatoms. The van der Waals surface area contributed by atoms with Crippen molar-refractivity contribution in [2.24, 2.45) is 0 Å². The molecule has 0 spiro atoms. The molecule has 2 aromatic rings. The van der Waals surface area contributed by atoms with Gasteiger partial charge < -0.3 is 9.15 Å². The van der Waals surface area contributed by atoms with Crippen LogP contribution in [0.3, 0.4) is 0 Å². The molecule has 124 valence electrons. The Morgan fingerprint density at radius 3 is 2.83 bits per heavy atom. The zero-order chi connectivity index (χ0) is 16.2. The first kappa shape index (κ1) is 16.2. The number of benzene rings is 1. The molecule has 23 heavy (non-hydrogen) atoms. The topological polar surface area (TPSA) is 41.7 Å². The maximum Gasteiger partial charge on any atom is 0.209 e. The molecule has 3 rings (SSSR count). The summed E-state index contributed by atoms with van der Waals surface area (Å²) in [5, 5.41) is 0. The maximum absolute atomic E-state index is 5.88. The van der Waals surface area contributed by atoms with Gasteiger partial charge in [0.25, 0.3) is 0 Å². The molecule has 0 unspecified atom stereocenters. The minimum absolute atomic E-state index is 0.352. The number of methoxy groups -OCH3 is 1. The summed E-state index contributed by atoms with van der Waals surface area (Å²) in [4.78, 5) is 9.05. The van der Waals surface area contributed by atoms with Crippen molar-refractivity contribution < 1.29 is 9.15 Å².